The van der Waals surface area contributed by atoms with Gasteiger partial charge in [-0.15, -0.1) is 0 Å². The molecule has 0 saturated carbocycles. The normalized spacial score (nSPS) is 11.6. The summed E-state index contributed by atoms with van der Waals surface area (Å²) < 4.78 is 13.4. The molecule has 0 aliphatic carbocycles. The lowest BCUT2D eigenvalue weighted by Crippen LogP contribution is -2.10. The van der Waals surface area contributed by atoms with E-state index >= 15 is 0 Å². The third kappa shape index (κ3) is 5.13. The predicted molar refractivity (Wildman–Crippen MR) is 229 cm³/mol. The molecule has 2 heterocycles. The van der Waals surface area contributed by atoms with Crippen LogP contribution in [0.2, 0.25) is 0 Å². The first-order chi connectivity index (χ1) is 27.3. The highest BCUT2D eigenvalue weighted by molar-refractivity contribution is 6.21. The van der Waals surface area contributed by atoms with Crippen molar-refractivity contribution >= 4 is 71.7 Å². The standard InChI is InChI=1S/C52H33NO2/c1-3-14-34(15-4-1)36-16-11-17-37(32-36)40-23-12-24-45-47-33-46(41-20-7-8-22-43(41)51(47)55-50(40)45)35-28-30-39(31-29-35)53(38-18-5-2-6-19-38)48-26-13-25-44-42-21-9-10-27-49(42)54-52(44)48/h1-33H. The highest BCUT2D eigenvalue weighted by atomic mass is 16.3. The van der Waals surface area contributed by atoms with Gasteiger partial charge in [0.25, 0.3) is 0 Å². The summed E-state index contributed by atoms with van der Waals surface area (Å²) in [5.74, 6) is 0. The zero-order valence-electron chi connectivity index (χ0n) is 29.8. The molecular formula is C52H33NO2. The summed E-state index contributed by atoms with van der Waals surface area (Å²) in [6.07, 6.45) is 0. The van der Waals surface area contributed by atoms with Gasteiger partial charge in [0, 0.05) is 43.9 Å². The fourth-order valence-corrected chi connectivity index (χ4v) is 8.29. The van der Waals surface area contributed by atoms with Crippen molar-refractivity contribution in [2.45, 2.75) is 0 Å². The van der Waals surface area contributed by atoms with Crippen LogP contribution in [-0.4, -0.2) is 0 Å². The topological polar surface area (TPSA) is 29.5 Å². The number of nitrogens with zero attached hydrogens (tertiary/aromatic N) is 1. The molecule has 258 valence electrons. The van der Waals surface area contributed by atoms with Gasteiger partial charge < -0.3 is 13.7 Å². The molecule has 0 bridgehead atoms. The number of furan rings is 2. The Morgan fingerprint density at radius 1 is 0.291 bits per heavy atom. The van der Waals surface area contributed by atoms with Crippen molar-refractivity contribution < 1.29 is 8.83 Å². The Morgan fingerprint density at radius 3 is 1.69 bits per heavy atom. The largest absolute Gasteiger partial charge is 0.455 e. The molecule has 3 heteroatoms. The zero-order chi connectivity index (χ0) is 36.3. The van der Waals surface area contributed by atoms with Crippen LogP contribution in [-0.2, 0) is 0 Å². The Bertz CT molecular complexity index is 3190. The summed E-state index contributed by atoms with van der Waals surface area (Å²) in [5, 5.41) is 6.68. The molecular weight excluding hydrogens is 671 g/mol. The molecule has 0 amide bonds. The lowest BCUT2D eigenvalue weighted by atomic mass is 9.94. The van der Waals surface area contributed by atoms with Crippen molar-refractivity contribution in [1.82, 2.24) is 0 Å². The molecule has 0 atom stereocenters. The molecule has 11 rings (SSSR count). The Balaban J connectivity index is 1.05. The van der Waals surface area contributed by atoms with Crippen molar-refractivity contribution in [3.8, 4) is 33.4 Å². The highest BCUT2D eigenvalue weighted by Gasteiger charge is 2.21. The molecule has 0 fully saturated rings. The zero-order valence-corrected chi connectivity index (χ0v) is 29.8. The van der Waals surface area contributed by atoms with Crippen molar-refractivity contribution in [1.29, 1.82) is 0 Å². The fraction of sp³-hybridized carbons (Fsp3) is 0. The number of fused-ring (bicyclic) bond motifs is 8. The van der Waals surface area contributed by atoms with E-state index in [0.717, 1.165) is 88.4 Å². The summed E-state index contributed by atoms with van der Waals surface area (Å²) in [7, 11) is 0. The van der Waals surface area contributed by atoms with E-state index in [9.17, 15) is 0 Å². The minimum atomic E-state index is 0.867. The van der Waals surface area contributed by atoms with Crippen LogP contribution in [0.1, 0.15) is 0 Å². The molecule has 3 nitrogen and oxygen atoms in total. The maximum Gasteiger partial charge on any atom is 0.159 e. The molecule has 0 radical (unpaired) electrons. The van der Waals surface area contributed by atoms with Crippen molar-refractivity contribution in [2.24, 2.45) is 0 Å². The fourth-order valence-electron chi connectivity index (χ4n) is 8.29. The molecule has 55 heavy (non-hydrogen) atoms. The van der Waals surface area contributed by atoms with Gasteiger partial charge in [0.05, 0.1) is 5.69 Å². The number of benzene rings is 9. The van der Waals surface area contributed by atoms with Crippen LogP contribution in [0, 0.1) is 0 Å². The van der Waals surface area contributed by atoms with Gasteiger partial charge in [0.1, 0.15) is 16.7 Å². The van der Waals surface area contributed by atoms with E-state index in [4.69, 9.17) is 8.83 Å². The first kappa shape index (κ1) is 31.2. The maximum absolute atomic E-state index is 6.88. The van der Waals surface area contributed by atoms with Crippen molar-refractivity contribution in [3.05, 3.63) is 200 Å². The van der Waals surface area contributed by atoms with Gasteiger partial charge in [-0.1, -0.05) is 152 Å². The molecule has 11 aromatic rings. The molecule has 0 spiro atoms. The molecule has 0 N–H and O–H groups in total. The van der Waals surface area contributed by atoms with E-state index in [1.807, 2.05) is 12.1 Å². The third-order valence-corrected chi connectivity index (χ3v) is 10.9. The highest BCUT2D eigenvalue weighted by Crippen LogP contribution is 2.45. The Morgan fingerprint density at radius 2 is 0.873 bits per heavy atom. The van der Waals surface area contributed by atoms with Gasteiger partial charge in [-0.3, -0.25) is 0 Å². The predicted octanol–water partition coefficient (Wildman–Crippen LogP) is 15.1. The molecule has 0 aliphatic heterocycles. The second-order valence-corrected chi connectivity index (χ2v) is 14.0. The van der Waals surface area contributed by atoms with Crippen molar-refractivity contribution in [3.63, 3.8) is 0 Å². The van der Waals surface area contributed by atoms with Crippen LogP contribution < -0.4 is 4.90 Å². The van der Waals surface area contributed by atoms with Crippen molar-refractivity contribution in [2.75, 3.05) is 4.90 Å². The molecule has 0 unspecified atom stereocenters. The van der Waals surface area contributed by atoms with Gasteiger partial charge in [-0.2, -0.15) is 0 Å². The second-order valence-electron chi connectivity index (χ2n) is 14.0. The number of rotatable bonds is 6. The van der Waals surface area contributed by atoms with Gasteiger partial charge in [-0.05, 0) is 81.7 Å². The Labute approximate surface area is 317 Å². The Hall–Kier alpha value is -7.36. The number of hydrogen-bond donors (Lipinski definition) is 0. The van der Waals surface area contributed by atoms with Gasteiger partial charge in [0.15, 0.2) is 5.58 Å². The number of anilines is 3. The van der Waals surface area contributed by atoms with E-state index in [1.165, 1.54) is 16.7 Å². The van der Waals surface area contributed by atoms with E-state index in [0.29, 0.717) is 0 Å². The Kier molecular flexibility index (Phi) is 7.17. The molecule has 9 aromatic carbocycles. The average molecular weight is 704 g/mol. The van der Waals surface area contributed by atoms with Crippen LogP contribution in [0.3, 0.4) is 0 Å². The summed E-state index contributed by atoms with van der Waals surface area (Å²) in [6.45, 7) is 0. The molecule has 0 aliphatic rings. The third-order valence-electron chi connectivity index (χ3n) is 10.9. The summed E-state index contributed by atoms with van der Waals surface area (Å²) in [6, 6.07) is 70.7. The number of hydrogen-bond acceptors (Lipinski definition) is 3. The SMILES string of the molecule is c1ccc(-c2cccc(-c3cccc4c3oc3c5ccccc5c(-c5ccc(N(c6ccccc6)c6cccc7c6oc6ccccc67)cc5)cc43)c2)cc1. The smallest absolute Gasteiger partial charge is 0.159 e. The molecule has 2 aromatic heterocycles. The summed E-state index contributed by atoms with van der Waals surface area (Å²) in [5.41, 5.74) is 13.6. The quantitative estimate of drug-likeness (QED) is 0.173. The summed E-state index contributed by atoms with van der Waals surface area (Å²) >= 11 is 0. The maximum atomic E-state index is 6.88. The monoisotopic (exact) mass is 703 g/mol. The lowest BCUT2D eigenvalue weighted by Gasteiger charge is -2.25. The lowest BCUT2D eigenvalue weighted by molar-refractivity contribution is 0.669. The second kappa shape index (κ2) is 12.6. The van der Waals surface area contributed by atoms with Crippen LogP contribution in [0.15, 0.2) is 209 Å². The van der Waals surface area contributed by atoms with E-state index in [1.54, 1.807) is 0 Å². The van der Waals surface area contributed by atoms with Gasteiger partial charge in [0.2, 0.25) is 0 Å². The minimum absolute atomic E-state index is 0.867. The van der Waals surface area contributed by atoms with Gasteiger partial charge in [-0.25, -0.2) is 0 Å². The van der Waals surface area contributed by atoms with Crippen LogP contribution in [0.25, 0.3) is 88.0 Å². The van der Waals surface area contributed by atoms with Gasteiger partial charge >= 0.3 is 0 Å². The van der Waals surface area contributed by atoms with Crippen LogP contribution in [0.4, 0.5) is 17.1 Å². The first-order valence-electron chi connectivity index (χ1n) is 18.7. The average Bonchev–Trinajstić information content (AvgIpc) is 3.84. The van der Waals surface area contributed by atoms with E-state index in [-0.39, 0.29) is 0 Å². The molecule has 0 saturated heterocycles. The van der Waals surface area contributed by atoms with Crippen LogP contribution >= 0.6 is 0 Å². The van der Waals surface area contributed by atoms with Crippen LogP contribution in [0.5, 0.6) is 0 Å². The summed E-state index contributed by atoms with van der Waals surface area (Å²) in [4.78, 5) is 2.29. The minimum Gasteiger partial charge on any atom is -0.455 e. The van der Waals surface area contributed by atoms with E-state index < -0.39 is 0 Å². The first-order valence-corrected chi connectivity index (χ1v) is 18.7. The number of para-hydroxylation sites is 4. The van der Waals surface area contributed by atoms with E-state index in [2.05, 4.69) is 193 Å².